The number of fused-ring (bicyclic) bond motifs is 1. The molecule has 2 nitrogen and oxygen atoms in total. The first-order valence-corrected chi connectivity index (χ1v) is 7.50. The highest BCUT2D eigenvalue weighted by atomic mass is 35.5. The van der Waals surface area contributed by atoms with Crippen molar-refractivity contribution in [2.24, 2.45) is 5.92 Å². The summed E-state index contributed by atoms with van der Waals surface area (Å²) in [7, 11) is 0. The molecule has 2 aromatic rings. The molecule has 0 aromatic heterocycles. The van der Waals surface area contributed by atoms with E-state index in [0.29, 0.717) is 5.92 Å². The molecule has 108 valence electrons. The monoisotopic (exact) mass is 291 g/mol. The van der Waals surface area contributed by atoms with E-state index in [0.717, 1.165) is 34.6 Å². The first-order valence-electron chi connectivity index (χ1n) is 7.12. The predicted octanol–water partition coefficient (Wildman–Crippen LogP) is 4.51. The molecule has 3 heteroatoms. The topological polar surface area (TPSA) is 21.3 Å². The van der Waals surface area contributed by atoms with Gasteiger partial charge in [0.15, 0.2) is 0 Å². The highest BCUT2D eigenvalue weighted by Gasteiger charge is 2.09. The molecule has 20 heavy (non-hydrogen) atoms. The van der Waals surface area contributed by atoms with Crippen molar-refractivity contribution in [2.75, 3.05) is 13.1 Å². The Balaban J connectivity index is 2.08. The lowest BCUT2D eigenvalue weighted by molar-refractivity contribution is 0.218. The van der Waals surface area contributed by atoms with Gasteiger partial charge in [0.2, 0.25) is 0 Å². The molecule has 0 amide bonds. The van der Waals surface area contributed by atoms with Gasteiger partial charge in [0.25, 0.3) is 0 Å². The van der Waals surface area contributed by atoms with Crippen molar-refractivity contribution in [3.05, 3.63) is 41.4 Å². The second-order valence-electron chi connectivity index (χ2n) is 5.57. The van der Waals surface area contributed by atoms with E-state index >= 15 is 0 Å². The molecule has 0 spiro atoms. The number of hydrogen-bond acceptors (Lipinski definition) is 2. The Morgan fingerprint density at radius 1 is 1.00 bits per heavy atom. The van der Waals surface area contributed by atoms with E-state index in [9.17, 15) is 0 Å². The van der Waals surface area contributed by atoms with Crippen LogP contribution in [0.2, 0.25) is 5.02 Å². The van der Waals surface area contributed by atoms with Crippen LogP contribution in [-0.2, 0) is 0 Å². The van der Waals surface area contributed by atoms with Crippen molar-refractivity contribution in [3.63, 3.8) is 0 Å². The molecular weight excluding hydrogens is 270 g/mol. The van der Waals surface area contributed by atoms with Gasteiger partial charge in [-0.05, 0) is 31.5 Å². The number of benzene rings is 2. The minimum atomic E-state index is 0.123. The van der Waals surface area contributed by atoms with Gasteiger partial charge in [0.1, 0.15) is 11.9 Å². The molecule has 1 N–H and O–H groups in total. The van der Waals surface area contributed by atoms with Gasteiger partial charge in [-0.25, -0.2) is 0 Å². The Labute approximate surface area is 126 Å². The molecule has 2 aromatic carbocycles. The Morgan fingerprint density at radius 3 is 2.40 bits per heavy atom. The largest absolute Gasteiger partial charge is 0.489 e. The van der Waals surface area contributed by atoms with Crippen LogP contribution in [0.25, 0.3) is 10.8 Å². The van der Waals surface area contributed by atoms with Crippen LogP contribution in [0.4, 0.5) is 0 Å². The summed E-state index contributed by atoms with van der Waals surface area (Å²) in [5.41, 5.74) is 0. The van der Waals surface area contributed by atoms with Gasteiger partial charge < -0.3 is 10.1 Å². The predicted molar refractivity (Wildman–Crippen MR) is 86.8 cm³/mol. The zero-order chi connectivity index (χ0) is 14.5. The van der Waals surface area contributed by atoms with Crippen molar-refractivity contribution in [1.29, 1.82) is 0 Å². The Kier molecular flexibility index (Phi) is 5.27. The maximum absolute atomic E-state index is 6.22. The third-order valence-corrected chi connectivity index (χ3v) is 3.47. The SMILES string of the molecule is CC(C)CNCC(C)Oc1ccc(Cl)c2ccccc12. The summed E-state index contributed by atoms with van der Waals surface area (Å²) in [6, 6.07) is 11.9. The molecule has 0 saturated carbocycles. The molecule has 0 saturated heterocycles. The van der Waals surface area contributed by atoms with Gasteiger partial charge in [-0.3, -0.25) is 0 Å². The summed E-state index contributed by atoms with van der Waals surface area (Å²) in [5.74, 6) is 1.54. The number of ether oxygens (including phenoxy) is 1. The fourth-order valence-corrected chi connectivity index (χ4v) is 2.40. The van der Waals surface area contributed by atoms with Gasteiger partial charge in [-0.15, -0.1) is 0 Å². The van der Waals surface area contributed by atoms with Crippen molar-refractivity contribution in [3.8, 4) is 5.75 Å². The maximum atomic E-state index is 6.22. The van der Waals surface area contributed by atoms with Crippen LogP contribution >= 0.6 is 11.6 Å². The van der Waals surface area contributed by atoms with E-state index < -0.39 is 0 Å². The minimum absolute atomic E-state index is 0.123. The van der Waals surface area contributed by atoms with Crippen molar-refractivity contribution >= 4 is 22.4 Å². The van der Waals surface area contributed by atoms with Crippen LogP contribution in [0.3, 0.4) is 0 Å². The summed E-state index contributed by atoms with van der Waals surface area (Å²) in [5, 5.41) is 6.28. The zero-order valence-electron chi connectivity index (χ0n) is 12.3. The van der Waals surface area contributed by atoms with E-state index in [2.05, 4.69) is 26.1 Å². The van der Waals surface area contributed by atoms with Crippen LogP contribution < -0.4 is 10.1 Å². The van der Waals surface area contributed by atoms with E-state index in [-0.39, 0.29) is 6.10 Å². The number of hydrogen-bond donors (Lipinski definition) is 1. The Morgan fingerprint density at radius 2 is 1.70 bits per heavy atom. The third-order valence-electron chi connectivity index (χ3n) is 3.14. The average Bonchev–Trinajstić information content (AvgIpc) is 2.42. The summed E-state index contributed by atoms with van der Waals surface area (Å²) < 4.78 is 6.04. The lowest BCUT2D eigenvalue weighted by Gasteiger charge is -2.18. The lowest BCUT2D eigenvalue weighted by Crippen LogP contribution is -2.31. The molecule has 0 radical (unpaired) electrons. The molecule has 0 aliphatic carbocycles. The molecule has 2 rings (SSSR count). The van der Waals surface area contributed by atoms with Gasteiger partial charge in [0.05, 0.1) is 0 Å². The fraction of sp³-hybridized carbons (Fsp3) is 0.412. The van der Waals surface area contributed by atoms with Crippen molar-refractivity contribution in [2.45, 2.75) is 26.9 Å². The van der Waals surface area contributed by atoms with E-state index in [4.69, 9.17) is 16.3 Å². The highest BCUT2D eigenvalue weighted by Crippen LogP contribution is 2.31. The van der Waals surface area contributed by atoms with Crippen LogP contribution in [0.5, 0.6) is 5.75 Å². The smallest absolute Gasteiger partial charge is 0.127 e. The van der Waals surface area contributed by atoms with E-state index in [1.54, 1.807) is 0 Å². The average molecular weight is 292 g/mol. The third kappa shape index (κ3) is 3.87. The second kappa shape index (κ2) is 6.96. The number of halogens is 1. The summed E-state index contributed by atoms with van der Waals surface area (Å²) in [4.78, 5) is 0. The van der Waals surface area contributed by atoms with Gasteiger partial charge in [0, 0.05) is 22.3 Å². The van der Waals surface area contributed by atoms with Crippen molar-refractivity contribution < 1.29 is 4.74 Å². The van der Waals surface area contributed by atoms with Gasteiger partial charge in [-0.1, -0.05) is 49.7 Å². The highest BCUT2D eigenvalue weighted by molar-refractivity contribution is 6.35. The minimum Gasteiger partial charge on any atom is -0.489 e. The van der Waals surface area contributed by atoms with Gasteiger partial charge >= 0.3 is 0 Å². The lowest BCUT2D eigenvalue weighted by atomic mass is 10.1. The van der Waals surface area contributed by atoms with Gasteiger partial charge in [-0.2, -0.15) is 0 Å². The summed E-state index contributed by atoms with van der Waals surface area (Å²) in [6.45, 7) is 8.33. The van der Waals surface area contributed by atoms with E-state index in [1.165, 1.54) is 0 Å². The number of rotatable bonds is 6. The normalized spacial score (nSPS) is 12.8. The standard InChI is InChI=1S/C17H22ClNO/c1-12(2)10-19-11-13(3)20-17-9-8-16(18)14-6-4-5-7-15(14)17/h4-9,12-13,19H,10-11H2,1-3H3. The molecular formula is C17H22ClNO. The molecule has 0 bridgehead atoms. The molecule has 1 unspecified atom stereocenters. The first-order chi connectivity index (χ1) is 9.58. The van der Waals surface area contributed by atoms with Crippen molar-refractivity contribution in [1.82, 2.24) is 5.32 Å². The fourth-order valence-electron chi connectivity index (χ4n) is 2.17. The first kappa shape index (κ1) is 15.1. The Hall–Kier alpha value is -1.25. The van der Waals surface area contributed by atoms with Crippen LogP contribution in [0, 0.1) is 5.92 Å². The second-order valence-corrected chi connectivity index (χ2v) is 5.98. The quantitative estimate of drug-likeness (QED) is 0.846. The molecule has 0 aliphatic heterocycles. The summed E-state index contributed by atoms with van der Waals surface area (Å²) in [6.07, 6.45) is 0.123. The Bertz CT molecular complexity index is 568. The van der Waals surface area contributed by atoms with Crippen LogP contribution in [0.15, 0.2) is 36.4 Å². The zero-order valence-corrected chi connectivity index (χ0v) is 13.1. The van der Waals surface area contributed by atoms with Crippen LogP contribution in [-0.4, -0.2) is 19.2 Å². The molecule has 1 atom stereocenters. The number of nitrogens with one attached hydrogen (secondary N) is 1. The molecule has 0 aliphatic rings. The molecule has 0 fully saturated rings. The van der Waals surface area contributed by atoms with Crippen LogP contribution in [0.1, 0.15) is 20.8 Å². The summed E-state index contributed by atoms with van der Waals surface area (Å²) >= 11 is 6.22. The molecule has 0 heterocycles. The van der Waals surface area contributed by atoms with E-state index in [1.807, 2.05) is 36.4 Å². The maximum Gasteiger partial charge on any atom is 0.127 e.